The summed E-state index contributed by atoms with van der Waals surface area (Å²) < 4.78 is 5.55. The molecule has 0 spiro atoms. The number of carbonyl (C=O) groups excluding carboxylic acids is 2. The van der Waals surface area contributed by atoms with Crippen LogP contribution < -0.4 is 15.4 Å². The molecular weight excluding hydrogens is 364 g/mol. The third kappa shape index (κ3) is 4.82. The van der Waals surface area contributed by atoms with Crippen molar-refractivity contribution in [2.75, 3.05) is 17.2 Å². The van der Waals surface area contributed by atoms with Crippen molar-refractivity contribution in [2.24, 2.45) is 0 Å². The lowest BCUT2D eigenvalue weighted by Gasteiger charge is -2.10. The van der Waals surface area contributed by atoms with Crippen molar-refractivity contribution in [3.8, 4) is 5.75 Å². The molecule has 5 nitrogen and oxygen atoms in total. The van der Waals surface area contributed by atoms with Crippen LogP contribution in [0.25, 0.3) is 0 Å². The van der Waals surface area contributed by atoms with Gasteiger partial charge in [0.1, 0.15) is 5.75 Å². The van der Waals surface area contributed by atoms with Crippen LogP contribution in [0.2, 0.25) is 0 Å². The van der Waals surface area contributed by atoms with Gasteiger partial charge in [0.2, 0.25) is 0 Å². The number of aryl methyl sites for hydroxylation is 2. The zero-order valence-electron chi connectivity index (χ0n) is 16.0. The molecule has 0 atom stereocenters. The number of nitrogens with one attached hydrogen (secondary N) is 2. The van der Waals surface area contributed by atoms with E-state index in [1.165, 1.54) is 17.5 Å². The smallest absolute Gasteiger partial charge is 0.262 e. The van der Waals surface area contributed by atoms with E-state index in [4.69, 9.17) is 4.74 Å². The van der Waals surface area contributed by atoms with Crippen molar-refractivity contribution < 1.29 is 14.3 Å². The fraction of sp³-hybridized carbons (Fsp3) is 0.167. The number of rotatable bonds is 6. The van der Waals surface area contributed by atoms with Crippen LogP contribution in [0.5, 0.6) is 5.75 Å². The summed E-state index contributed by atoms with van der Waals surface area (Å²) in [6.07, 6.45) is 3.37. The topological polar surface area (TPSA) is 67.4 Å². The quantitative estimate of drug-likeness (QED) is 0.658. The van der Waals surface area contributed by atoms with E-state index in [0.717, 1.165) is 18.5 Å². The van der Waals surface area contributed by atoms with Gasteiger partial charge in [-0.2, -0.15) is 0 Å². The number of hydrogen-bond donors (Lipinski definition) is 2. The molecular formula is C24H22N2O3. The van der Waals surface area contributed by atoms with Crippen LogP contribution in [-0.4, -0.2) is 18.4 Å². The Morgan fingerprint density at radius 2 is 1.52 bits per heavy atom. The molecule has 1 aliphatic rings. The summed E-state index contributed by atoms with van der Waals surface area (Å²) in [7, 11) is 0. The first kappa shape index (κ1) is 18.7. The number of ether oxygens (including phenoxy) is 1. The summed E-state index contributed by atoms with van der Waals surface area (Å²) >= 11 is 0. The minimum absolute atomic E-state index is 0.0766. The standard InChI is InChI=1S/C24H22N2O3/c27-23(25-21-10-9-17-7-4-8-19(17)15-21)16-29-22-13-11-20(12-14-22)26-24(28)18-5-2-1-3-6-18/h1-3,5-6,9-15H,4,7-8,16H2,(H,25,27)(H,26,28). The Balaban J connectivity index is 1.27. The number of fused-ring (bicyclic) bond motifs is 1. The van der Waals surface area contributed by atoms with E-state index in [0.29, 0.717) is 17.0 Å². The van der Waals surface area contributed by atoms with E-state index in [-0.39, 0.29) is 18.4 Å². The van der Waals surface area contributed by atoms with Crippen molar-refractivity contribution in [3.05, 3.63) is 89.5 Å². The number of benzene rings is 3. The van der Waals surface area contributed by atoms with Crippen LogP contribution in [0.1, 0.15) is 27.9 Å². The molecule has 0 fully saturated rings. The first-order valence-corrected chi connectivity index (χ1v) is 9.68. The average Bonchev–Trinajstić information content (AvgIpc) is 3.22. The molecule has 0 heterocycles. The van der Waals surface area contributed by atoms with Crippen LogP contribution in [-0.2, 0) is 17.6 Å². The third-order valence-electron chi connectivity index (χ3n) is 4.90. The maximum Gasteiger partial charge on any atom is 0.262 e. The highest BCUT2D eigenvalue weighted by Gasteiger charge is 2.12. The predicted octanol–water partition coefficient (Wildman–Crippen LogP) is 4.45. The van der Waals surface area contributed by atoms with Gasteiger partial charge >= 0.3 is 0 Å². The SMILES string of the molecule is O=C(COc1ccc(NC(=O)c2ccccc2)cc1)Nc1ccc2c(c1)CCC2. The van der Waals surface area contributed by atoms with Crippen LogP contribution in [0.3, 0.4) is 0 Å². The molecule has 0 unspecified atom stereocenters. The van der Waals surface area contributed by atoms with E-state index < -0.39 is 0 Å². The zero-order chi connectivity index (χ0) is 20.1. The number of carbonyl (C=O) groups is 2. The summed E-state index contributed by atoms with van der Waals surface area (Å²) in [5.74, 6) is 0.184. The van der Waals surface area contributed by atoms with Crippen LogP contribution >= 0.6 is 0 Å². The molecule has 2 amide bonds. The van der Waals surface area contributed by atoms with Crippen molar-refractivity contribution in [3.63, 3.8) is 0 Å². The molecule has 2 N–H and O–H groups in total. The monoisotopic (exact) mass is 386 g/mol. The third-order valence-corrected chi connectivity index (χ3v) is 4.90. The second-order valence-corrected chi connectivity index (χ2v) is 7.02. The largest absolute Gasteiger partial charge is 0.484 e. The maximum absolute atomic E-state index is 12.2. The van der Waals surface area contributed by atoms with Crippen LogP contribution in [0, 0.1) is 0 Å². The maximum atomic E-state index is 12.2. The second-order valence-electron chi connectivity index (χ2n) is 7.02. The molecule has 4 rings (SSSR count). The normalized spacial score (nSPS) is 12.1. The van der Waals surface area contributed by atoms with E-state index in [1.807, 2.05) is 30.3 Å². The highest BCUT2D eigenvalue weighted by molar-refractivity contribution is 6.04. The first-order valence-electron chi connectivity index (χ1n) is 9.68. The van der Waals surface area contributed by atoms with Gasteiger partial charge in [-0.3, -0.25) is 9.59 Å². The Bertz CT molecular complexity index is 1010. The van der Waals surface area contributed by atoms with Gasteiger partial charge in [-0.25, -0.2) is 0 Å². The number of hydrogen-bond acceptors (Lipinski definition) is 3. The van der Waals surface area contributed by atoms with E-state index in [2.05, 4.69) is 16.7 Å². The van der Waals surface area contributed by atoms with Gasteiger partial charge in [0.05, 0.1) is 0 Å². The highest BCUT2D eigenvalue weighted by atomic mass is 16.5. The summed E-state index contributed by atoms with van der Waals surface area (Å²) in [6, 6.07) is 22.0. The average molecular weight is 386 g/mol. The molecule has 5 heteroatoms. The summed E-state index contributed by atoms with van der Waals surface area (Å²) in [4.78, 5) is 24.3. The molecule has 0 radical (unpaired) electrons. The highest BCUT2D eigenvalue weighted by Crippen LogP contribution is 2.25. The minimum atomic E-state index is -0.204. The van der Waals surface area contributed by atoms with Crippen LogP contribution in [0.15, 0.2) is 72.8 Å². The van der Waals surface area contributed by atoms with Crippen molar-refractivity contribution >= 4 is 23.2 Å². The van der Waals surface area contributed by atoms with Gasteiger partial charge in [-0.05, 0) is 78.9 Å². The van der Waals surface area contributed by atoms with E-state index in [9.17, 15) is 9.59 Å². The first-order chi connectivity index (χ1) is 14.2. The van der Waals surface area contributed by atoms with Gasteiger partial charge < -0.3 is 15.4 Å². The molecule has 0 aliphatic heterocycles. The molecule has 29 heavy (non-hydrogen) atoms. The summed E-state index contributed by atoms with van der Waals surface area (Å²) in [6.45, 7) is -0.0766. The van der Waals surface area contributed by atoms with E-state index in [1.54, 1.807) is 36.4 Å². The Morgan fingerprint density at radius 3 is 2.31 bits per heavy atom. The summed E-state index contributed by atoms with van der Waals surface area (Å²) in [5, 5.41) is 5.71. The van der Waals surface area contributed by atoms with Gasteiger partial charge in [0, 0.05) is 16.9 Å². The van der Waals surface area contributed by atoms with E-state index >= 15 is 0 Å². The fourth-order valence-electron chi connectivity index (χ4n) is 3.42. The Kier molecular flexibility index (Phi) is 5.56. The van der Waals surface area contributed by atoms with Crippen molar-refractivity contribution in [1.29, 1.82) is 0 Å². The predicted molar refractivity (Wildman–Crippen MR) is 113 cm³/mol. The Hall–Kier alpha value is -3.60. The lowest BCUT2D eigenvalue weighted by atomic mass is 10.1. The zero-order valence-corrected chi connectivity index (χ0v) is 16.0. The molecule has 3 aromatic carbocycles. The van der Waals surface area contributed by atoms with Crippen LogP contribution in [0.4, 0.5) is 11.4 Å². The van der Waals surface area contributed by atoms with Crippen molar-refractivity contribution in [2.45, 2.75) is 19.3 Å². The van der Waals surface area contributed by atoms with Gasteiger partial charge in [0.15, 0.2) is 6.61 Å². The molecule has 0 bridgehead atoms. The lowest BCUT2D eigenvalue weighted by Crippen LogP contribution is -2.20. The Morgan fingerprint density at radius 1 is 0.793 bits per heavy atom. The minimum Gasteiger partial charge on any atom is -0.484 e. The molecule has 0 aromatic heterocycles. The number of amides is 2. The molecule has 1 aliphatic carbocycles. The molecule has 0 saturated heterocycles. The lowest BCUT2D eigenvalue weighted by molar-refractivity contribution is -0.118. The molecule has 146 valence electrons. The van der Waals surface area contributed by atoms with Gasteiger partial charge in [0.25, 0.3) is 11.8 Å². The molecule has 3 aromatic rings. The Labute approximate surface area is 169 Å². The van der Waals surface area contributed by atoms with Crippen molar-refractivity contribution in [1.82, 2.24) is 0 Å². The second kappa shape index (κ2) is 8.61. The van der Waals surface area contributed by atoms with Gasteiger partial charge in [-0.1, -0.05) is 24.3 Å². The fourth-order valence-corrected chi connectivity index (χ4v) is 3.42. The summed E-state index contributed by atoms with van der Waals surface area (Å²) in [5.41, 5.74) is 4.75. The van der Waals surface area contributed by atoms with Gasteiger partial charge in [-0.15, -0.1) is 0 Å². The molecule has 0 saturated carbocycles. The number of anilines is 2.